The molecule has 2 fully saturated rings. The van der Waals surface area contributed by atoms with Crippen molar-refractivity contribution in [2.75, 3.05) is 59.0 Å². The second kappa shape index (κ2) is 9.18. The Balaban J connectivity index is 1.65. The lowest BCUT2D eigenvalue weighted by Gasteiger charge is -2.39. The molecule has 0 aromatic rings. The minimum absolute atomic E-state index is 0.236. The van der Waals surface area contributed by atoms with Crippen molar-refractivity contribution in [2.24, 2.45) is 5.92 Å². The summed E-state index contributed by atoms with van der Waals surface area (Å²) in [4.78, 5) is 7.17. The summed E-state index contributed by atoms with van der Waals surface area (Å²) in [6.07, 6.45) is 3.31. The van der Waals surface area contributed by atoms with Gasteiger partial charge in [0.25, 0.3) is 0 Å². The summed E-state index contributed by atoms with van der Waals surface area (Å²) >= 11 is 0. The van der Waals surface area contributed by atoms with Crippen molar-refractivity contribution in [2.45, 2.75) is 45.3 Å². The number of rotatable bonds is 7. The van der Waals surface area contributed by atoms with Gasteiger partial charge in [0, 0.05) is 45.3 Å². The third-order valence-electron chi connectivity index (χ3n) is 5.42. The maximum absolute atomic E-state index is 10.4. The average Bonchev–Trinajstić information content (AvgIpc) is 2.52. The summed E-state index contributed by atoms with van der Waals surface area (Å²) in [7, 11) is 0. The van der Waals surface area contributed by atoms with Crippen molar-refractivity contribution in [3.05, 3.63) is 0 Å². The summed E-state index contributed by atoms with van der Waals surface area (Å²) < 4.78 is 0. The molecule has 2 aliphatic rings. The SMILES string of the molecule is CCC(CO)N1CCN(CC(O)CN2CCC(C)CC2)CC1. The molecule has 5 nitrogen and oxygen atoms in total. The van der Waals surface area contributed by atoms with E-state index in [1.54, 1.807) is 0 Å². The average molecular weight is 313 g/mol. The first-order valence-electron chi connectivity index (χ1n) is 9.10. The number of nitrogens with zero attached hydrogens (tertiary/aromatic N) is 3. The molecule has 2 atom stereocenters. The lowest BCUT2D eigenvalue weighted by molar-refractivity contribution is 0.0251. The van der Waals surface area contributed by atoms with E-state index in [1.807, 2.05) is 0 Å². The topological polar surface area (TPSA) is 50.2 Å². The summed E-state index contributed by atoms with van der Waals surface area (Å²) in [6, 6.07) is 0.308. The Morgan fingerprint density at radius 3 is 2.00 bits per heavy atom. The van der Waals surface area contributed by atoms with Gasteiger partial charge < -0.3 is 15.1 Å². The Hall–Kier alpha value is -0.200. The van der Waals surface area contributed by atoms with Crippen molar-refractivity contribution in [1.29, 1.82) is 0 Å². The smallest absolute Gasteiger partial charge is 0.0793 e. The zero-order valence-corrected chi connectivity index (χ0v) is 14.5. The van der Waals surface area contributed by atoms with Crippen LogP contribution in [0.2, 0.25) is 0 Å². The molecule has 5 heteroatoms. The normalized spacial score (nSPS) is 26.2. The summed E-state index contributed by atoms with van der Waals surface area (Å²) in [5.74, 6) is 0.847. The highest BCUT2D eigenvalue weighted by Gasteiger charge is 2.24. The van der Waals surface area contributed by atoms with E-state index >= 15 is 0 Å². The van der Waals surface area contributed by atoms with Gasteiger partial charge in [0.1, 0.15) is 0 Å². The first-order chi connectivity index (χ1) is 10.6. The van der Waals surface area contributed by atoms with E-state index in [1.165, 1.54) is 12.8 Å². The zero-order valence-electron chi connectivity index (χ0n) is 14.5. The van der Waals surface area contributed by atoms with Crippen LogP contribution in [0.3, 0.4) is 0 Å². The zero-order chi connectivity index (χ0) is 15.9. The predicted octanol–water partition coefficient (Wildman–Crippen LogP) is 0.468. The fourth-order valence-corrected chi connectivity index (χ4v) is 3.71. The minimum atomic E-state index is -0.236. The molecule has 2 heterocycles. The van der Waals surface area contributed by atoms with Crippen LogP contribution in [-0.2, 0) is 0 Å². The highest BCUT2D eigenvalue weighted by Crippen LogP contribution is 2.16. The molecule has 2 N–H and O–H groups in total. The molecule has 0 saturated carbocycles. The molecular formula is C17H35N3O2. The Bertz CT molecular complexity index is 296. The summed E-state index contributed by atoms with van der Waals surface area (Å²) in [5.41, 5.74) is 0. The second-order valence-corrected chi connectivity index (χ2v) is 7.22. The molecule has 0 aliphatic carbocycles. The van der Waals surface area contributed by atoms with Crippen LogP contribution >= 0.6 is 0 Å². The van der Waals surface area contributed by atoms with Crippen molar-refractivity contribution >= 4 is 0 Å². The van der Waals surface area contributed by atoms with E-state index in [4.69, 9.17) is 0 Å². The number of hydrogen-bond donors (Lipinski definition) is 2. The molecule has 130 valence electrons. The lowest BCUT2D eigenvalue weighted by Crippen LogP contribution is -2.53. The predicted molar refractivity (Wildman–Crippen MR) is 90.0 cm³/mol. The van der Waals surface area contributed by atoms with Gasteiger partial charge in [-0.3, -0.25) is 9.80 Å². The van der Waals surface area contributed by atoms with E-state index in [2.05, 4.69) is 28.5 Å². The first kappa shape index (κ1) is 18.1. The fourth-order valence-electron chi connectivity index (χ4n) is 3.71. The molecule has 22 heavy (non-hydrogen) atoms. The minimum Gasteiger partial charge on any atom is -0.395 e. The Morgan fingerprint density at radius 1 is 0.955 bits per heavy atom. The molecule has 0 radical (unpaired) electrons. The van der Waals surface area contributed by atoms with Gasteiger partial charge in [-0.2, -0.15) is 0 Å². The van der Waals surface area contributed by atoms with Crippen LogP contribution in [0.5, 0.6) is 0 Å². The lowest BCUT2D eigenvalue weighted by atomic mass is 9.99. The monoisotopic (exact) mass is 313 g/mol. The standard InChI is InChI=1S/C17H35N3O2/c1-3-16(14-21)20-10-8-19(9-11-20)13-17(22)12-18-6-4-15(2)5-7-18/h15-17,21-22H,3-14H2,1-2H3. The van der Waals surface area contributed by atoms with Crippen molar-refractivity contribution < 1.29 is 10.2 Å². The van der Waals surface area contributed by atoms with Crippen LogP contribution in [-0.4, -0.2) is 96.0 Å². The number of hydrogen-bond acceptors (Lipinski definition) is 5. The van der Waals surface area contributed by atoms with Crippen LogP contribution in [0.1, 0.15) is 33.1 Å². The van der Waals surface area contributed by atoms with Crippen LogP contribution in [0.25, 0.3) is 0 Å². The molecule has 0 amide bonds. The summed E-state index contributed by atoms with van der Waals surface area (Å²) in [6.45, 7) is 12.6. The van der Waals surface area contributed by atoms with Crippen molar-refractivity contribution in [1.82, 2.24) is 14.7 Å². The Morgan fingerprint density at radius 2 is 1.50 bits per heavy atom. The van der Waals surface area contributed by atoms with Gasteiger partial charge in [-0.25, -0.2) is 0 Å². The molecule has 0 aromatic carbocycles. The van der Waals surface area contributed by atoms with E-state index in [0.29, 0.717) is 6.04 Å². The Kier molecular flexibility index (Phi) is 7.57. The van der Waals surface area contributed by atoms with Gasteiger partial charge in [-0.1, -0.05) is 13.8 Å². The van der Waals surface area contributed by atoms with Gasteiger partial charge in [-0.05, 0) is 38.3 Å². The van der Waals surface area contributed by atoms with Gasteiger partial charge in [0.15, 0.2) is 0 Å². The molecular weight excluding hydrogens is 278 g/mol. The van der Waals surface area contributed by atoms with E-state index in [9.17, 15) is 10.2 Å². The number of aliphatic hydroxyl groups excluding tert-OH is 2. The molecule has 0 aromatic heterocycles. The van der Waals surface area contributed by atoms with Crippen molar-refractivity contribution in [3.8, 4) is 0 Å². The quantitative estimate of drug-likeness (QED) is 0.715. The second-order valence-electron chi connectivity index (χ2n) is 7.22. The van der Waals surface area contributed by atoms with Crippen LogP contribution < -0.4 is 0 Å². The third-order valence-corrected chi connectivity index (χ3v) is 5.42. The van der Waals surface area contributed by atoms with E-state index in [-0.39, 0.29) is 12.7 Å². The van der Waals surface area contributed by atoms with Gasteiger partial charge in [0.05, 0.1) is 12.7 Å². The maximum atomic E-state index is 10.4. The largest absolute Gasteiger partial charge is 0.395 e. The van der Waals surface area contributed by atoms with Crippen LogP contribution in [0.4, 0.5) is 0 Å². The number of aliphatic hydroxyl groups is 2. The Labute approximate surface area is 135 Å². The van der Waals surface area contributed by atoms with E-state index in [0.717, 1.165) is 64.7 Å². The van der Waals surface area contributed by atoms with Gasteiger partial charge in [0.2, 0.25) is 0 Å². The van der Waals surface area contributed by atoms with Crippen LogP contribution in [0.15, 0.2) is 0 Å². The number of piperazine rings is 1. The third kappa shape index (κ3) is 5.46. The van der Waals surface area contributed by atoms with Crippen LogP contribution in [0, 0.1) is 5.92 Å². The molecule has 2 aliphatic heterocycles. The van der Waals surface area contributed by atoms with Gasteiger partial charge in [-0.15, -0.1) is 0 Å². The van der Waals surface area contributed by atoms with Crippen molar-refractivity contribution in [3.63, 3.8) is 0 Å². The highest BCUT2D eigenvalue weighted by molar-refractivity contribution is 4.80. The molecule has 2 saturated heterocycles. The van der Waals surface area contributed by atoms with E-state index < -0.39 is 0 Å². The maximum Gasteiger partial charge on any atom is 0.0793 e. The molecule has 0 bridgehead atoms. The molecule has 0 spiro atoms. The summed E-state index contributed by atoms with van der Waals surface area (Å²) in [5, 5.41) is 19.7. The van der Waals surface area contributed by atoms with Gasteiger partial charge >= 0.3 is 0 Å². The molecule has 2 rings (SSSR count). The fraction of sp³-hybridized carbons (Fsp3) is 1.00. The highest BCUT2D eigenvalue weighted by atomic mass is 16.3. The number of likely N-dealkylation sites (tertiary alicyclic amines) is 1. The first-order valence-corrected chi connectivity index (χ1v) is 9.10. The number of β-amino-alcohol motifs (C(OH)–C–C–N with tert-alkyl or cyclic N) is 1. The molecule has 2 unspecified atom stereocenters. The number of piperidine rings is 1.